The van der Waals surface area contributed by atoms with Gasteiger partial charge in [-0.15, -0.1) is 21.5 Å². The van der Waals surface area contributed by atoms with Crippen LogP contribution >= 0.6 is 22.9 Å². The maximum Gasteiger partial charge on any atom is 0.291 e. The van der Waals surface area contributed by atoms with Crippen LogP contribution in [0.2, 0.25) is 5.02 Å². The van der Waals surface area contributed by atoms with Crippen molar-refractivity contribution in [2.45, 2.75) is 65.3 Å². The number of thiophene rings is 1. The number of amides is 9. The van der Waals surface area contributed by atoms with Crippen molar-refractivity contribution >= 4 is 105 Å². The largest absolute Gasteiger partial charge is 0.378 e. The first kappa shape index (κ1) is 88.6. The summed E-state index contributed by atoms with van der Waals surface area (Å²) < 4.78 is 42.9. The van der Waals surface area contributed by atoms with Gasteiger partial charge in [0.2, 0.25) is 35.3 Å². The van der Waals surface area contributed by atoms with Crippen LogP contribution in [0.5, 0.6) is 0 Å². The van der Waals surface area contributed by atoms with E-state index < -0.39 is 47.4 Å². The third-order valence-electron chi connectivity index (χ3n) is 18.7. The summed E-state index contributed by atoms with van der Waals surface area (Å²) in [4.78, 5) is 138. The molecule has 2 aliphatic heterocycles. The highest BCUT2D eigenvalue weighted by atomic mass is 35.5. The van der Waals surface area contributed by atoms with E-state index in [0.29, 0.717) is 115 Å². The molecular formula is C79H99ClN22O15S. The van der Waals surface area contributed by atoms with E-state index in [0.717, 1.165) is 46.1 Å². The number of halogens is 1. The highest BCUT2D eigenvalue weighted by molar-refractivity contribution is 7.15. The lowest BCUT2D eigenvalue weighted by Crippen LogP contribution is -2.38. The number of hydrogen-bond donors (Lipinski definition) is 9. The van der Waals surface area contributed by atoms with E-state index in [4.69, 9.17) is 45.0 Å². The number of nitrogens with one attached hydrogen (secondary N) is 9. The van der Waals surface area contributed by atoms with Crippen LogP contribution in [0, 0.1) is 50.4 Å². The number of likely N-dealkylation sites (tertiary alicyclic amines) is 1. The predicted octanol–water partition coefficient (Wildman–Crippen LogP) is 3.96. The van der Waals surface area contributed by atoms with Gasteiger partial charge < -0.3 is 104 Å². The predicted molar refractivity (Wildman–Crippen MR) is 438 cm³/mol. The molecule has 0 radical (unpaired) electrons. The number of anilines is 4. The van der Waals surface area contributed by atoms with E-state index in [1.165, 1.54) is 60.1 Å². The standard InChI is InChI=1S/C79H99ClN22O15S/c1-51-52(2)118-79-68(51)69(55-13-15-56(80)16-14-55)89-59(70-95-94-53(3)102(70)79)46-67(106)101-29-20-54(21-30-101)12-10-9-11-22-81-27-32-112-34-36-114-38-40-116-42-43-117-41-39-115-37-35-113-33-28-82-64(103)17-23-86-76(109)72-92-62(49-99(72)7)90-65(104)18-24-85-75(108)61-45-58(48-98(61)6)88-78(111)73-93-63(50-100(73)8)91-66(105)19-25-84-74(107)60-44-57(47-97(60)5)87-77(110)71-83-26-31-96(71)4/h13-16,26,31,44-45,47-50,54,59,81H,17-25,27-30,32-43,46H2,1-8H3,(H,82,103)(H,84,107)(H,85,108)(H,86,109)(H,87,110)(H,88,111)(H,90,104)(H,91,105)/t59-/m0/s1. The summed E-state index contributed by atoms with van der Waals surface area (Å²) in [5.74, 6) is 10.3. The Bertz CT molecular complexity index is 5000. The summed E-state index contributed by atoms with van der Waals surface area (Å²) in [7, 11) is 8.05. The number of benzene rings is 1. The van der Waals surface area contributed by atoms with Crippen LogP contribution in [-0.2, 0) is 82.8 Å². The van der Waals surface area contributed by atoms with Gasteiger partial charge in [-0.2, -0.15) is 0 Å². The minimum Gasteiger partial charge on any atom is -0.378 e. The van der Waals surface area contributed by atoms with Gasteiger partial charge in [-0.25, -0.2) is 15.0 Å². The normalized spacial score (nSPS) is 13.0. The summed E-state index contributed by atoms with van der Waals surface area (Å²) in [5.41, 5.74) is 4.99. The molecule has 0 aliphatic carbocycles. The molecule has 1 saturated heterocycles. The second kappa shape index (κ2) is 44.6. The number of imidazole rings is 3. The quantitative estimate of drug-likeness (QED) is 0.0193. The number of fused-ring (bicyclic) bond motifs is 3. The summed E-state index contributed by atoms with van der Waals surface area (Å²) in [6.45, 7) is 13.4. The van der Waals surface area contributed by atoms with Gasteiger partial charge in [-0.05, 0) is 75.3 Å². The van der Waals surface area contributed by atoms with Crippen LogP contribution in [0.15, 0.2) is 78.6 Å². The number of carbonyl (C=O) groups is 9. The Kier molecular flexibility index (Phi) is 33.5. The Balaban J connectivity index is 0.475. The first-order chi connectivity index (χ1) is 57.0. The molecule has 10 rings (SSSR count). The fraction of sp³-hybridized carbons (Fsp3) is 0.456. The van der Waals surface area contributed by atoms with E-state index >= 15 is 0 Å². The number of carbonyl (C=O) groups excluding carboxylic acids is 9. The molecule has 9 heterocycles. The molecule has 0 spiro atoms. The van der Waals surface area contributed by atoms with Crippen LogP contribution in [0.4, 0.5) is 23.0 Å². The molecule has 8 aromatic rings. The molecule has 2 aliphatic rings. The first-order valence-electron chi connectivity index (χ1n) is 38.5. The molecule has 9 N–H and O–H groups in total. The average molecular weight is 1660 g/mol. The van der Waals surface area contributed by atoms with Crippen LogP contribution in [0.1, 0.15) is 131 Å². The minimum atomic E-state index is -0.639. The number of ether oxygens (including phenoxy) is 6. The van der Waals surface area contributed by atoms with Gasteiger partial charge in [-0.1, -0.05) is 35.6 Å². The Morgan fingerprint density at radius 1 is 0.542 bits per heavy atom. The number of piperidine rings is 1. The van der Waals surface area contributed by atoms with Crippen molar-refractivity contribution in [3.8, 4) is 28.7 Å². The second-order valence-corrected chi connectivity index (χ2v) is 29.1. The summed E-state index contributed by atoms with van der Waals surface area (Å²) in [5, 5.41) is 35.2. The molecule has 0 unspecified atom stereocenters. The van der Waals surface area contributed by atoms with Crippen molar-refractivity contribution in [1.29, 1.82) is 0 Å². The van der Waals surface area contributed by atoms with E-state index in [-0.39, 0.29) is 122 Å². The van der Waals surface area contributed by atoms with Crippen molar-refractivity contribution in [3.63, 3.8) is 0 Å². The van der Waals surface area contributed by atoms with Gasteiger partial charge in [0.05, 0.1) is 109 Å². The van der Waals surface area contributed by atoms with Gasteiger partial charge in [-0.3, -0.25) is 52.7 Å². The molecule has 1 atom stereocenters. The van der Waals surface area contributed by atoms with Crippen molar-refractivity contribution in [3.05, 3.63) is 141 Å². The SMILES string of the molecule is Cc1sc2c(c1C)C(c1ccc(Cl)cc1)=N[C@@H](CC(=O)N1CCC(C#CC#CCNCCOCCOCCOCCOCCOCCOCCNC(=O)CCNC(=O)c3nc(NC(=O)CCNC(=O)c4cc(NC(=O)c5nc(NC(=O)CCNC(=O)c6cc(NC(=O)c7nccn7C)cn6C)cn5C)cn4C)cn3C)CC1)c1nnc(C)n1-2. The Morgan fingerprint density at radius 2 is 1.05 bits per heavy atom. The number of rotatable bonds is 43. The highest BCUT2D eigenvalue weighted by Gasteiger charge is 2.35. The molecule has 37 nitrogen and oxygen atoms in total. The molecule has 1 aromatic carbocycles. The lowest BCUT2D eigenvalue weighted by atomic mass is 9.97. The van der Waals surface area contributed by atoms with E-state index in [1.54, 1.807) is 63.5 Å². The van der Waals surface area contributed by atoms with Gasteiger partial charge >= 0.3 is 0 Å². The van der Waals surface area contributed by atoms with E-state index in [2.05, 4.69) is 115 Å². The summed E-state index contributed by atoms with van der Waals surface area (Å²) >= 11 is 7.96. The Hall–Kier alpha value is -11.7. The van der Waals surface area contributed by atoms with Crippen LogP contribution in [0.25, 0.3) is 5.00 Å². The van der Waals surface area contributed by atoms with E-state index in [9.17, 15) is 43.2 Å². The fourth-order valence-electron chi connectivity index (χ4n) is 12.5. The zero-order valence-electron chi connectivity index (χ0n) is 67.2. The number of nitrogens with zero attached hydrogens (tertiary/aromatic N) is 13. The number of hydrogen-bond acceptors (Lipinski definition) is 23. The summed E-state index contributed by atoms with van der Waals surface area (Å²) in [6.07, 6.45) is 10.5. The van der Waals surface area contributed by atoms with Gasteiger partial charge in [0.1, 0.15) is 28.3 Å². The molecule has 0 saturated carbocycles. The van der Waals surface area contributed by atoms with Crippen molar-refractivity contribution in [2.24, 2.45) is 46.1 Å². The third kappa shape index (κ3) is 25.9. The zero-order chi connectivity index (χ0) is 84.0. The topological polar surface area (TPSA) is 427 Å². The smallest absolute Gasteiger partial charge is 0.291 e. The lowest BCUT2D eigenvalue weighted by Gasteiger charge is -2.30. The molecule has 39 heteroatoms. The molecule has 0 bridgehead atoms. The maximum atomic E-state index is 13.9. The second-order valence-electron chi connectivity index (χ2n) is 27.5. The highest BCUT2D eigenvalue weighted by Crippen LogP contribution is 2.40. The Labute approximate surface area is 690 Å². The number of aromatic nitrogens is 11. The van der Waals surface area contributed by atoms with Crippen LogP contribution < -0.4 is 47.9 Å². The Morgan fingerprint density at radius 3 is 1.59 bits per heavy atom. The maximum absolute atomic E-state index is 13.9. The zero-order valence-corrected chi connectivity index (χ0v) is 68.8. The fourth-order valence-corrected chi connectivity index (χ4v) is 13.8. The average Bonchev–Trinajstić information content (AvgIpc) is 1.59. The molecular weight excluding hydrogens is 1560 g/mol. The van der Waals surface area contributed by atoms with Crippen molar-refractivity contribution < 1.29 is 71.6 Å². The summed E-state index contributed by atoms with van der Waals surface area (Å²) in [6, 6.07) is 10.1. The number of aryl methyl sites for hydroxylation is 7. The van der Waals surface area contributed by atoms with Crippen molar-refractivity contribution in [2.75, 3.05) is 153 Å². The third-order valence-corrected chi connectivity index (χ3v) is 20.1. The number of aliphatic imine (C=N–C) groups is 1. The van der Waals surface area contributed by atoms with Crippen LogP contribution in [0.3, 0.4) is 0 Å². The minimum absolute atomic E-state index is 0.00374. The molecule has 628 valence electrons. The van der Waals surface area contributed by atoms with Gasteiger partial charge in [0.25, 0.3) is 29.5 Å². The first-order valence-corrected chi connectivity index (χ1v) is 39.7. The monoisotopic (exact) mass is 1660 g/mol. The molecule has 1 fully saturated rings. The molecule has 9 amide bonds. The van der Waals surface area contributed by atoms with Crippen molar-refractivity contribution in [1.82, 2.24) is 84.0 Å². The van der Waals surface area contributed by atoms with Gasteiger partial charge in [0, 0.05) is 164 Å². The lowest BCUT2D eigenvalue weighted by molar-refractivity contribution is -0.132. The van der Waals surface area contributed by atoms with Gasteiger partial charge in [0.15, 0.2) is 23.3 Å². The van der Waals surface area contributed by atoms with E-state index in [1.807, 2.05) is 36.1 Å². The van der Waals surface area contributed by atoms with Crippen LogP contribution in [-0.4, -0.2) is 248 Å². The molecule has 7 aromatic heterocycles. The molecule has 118 heavy (non-hydrogen) atoms.